The molecule has 0 bridgehead atoms. The summed E-state index contributed by atoms with van der Waals surface area (Å²) in [5.41, 5.74) is 1.13. The molecule has 100 valence electrons. The average Bonchev–Trinajstić information content (AvgIpc) is 2.40. The van der Waals surface area contributed by atoms with Crippen molar-refractivity contribution in [1.29, 1.82) is 0 Å². The van der Waals surface area contributed by atoms with Crippen LogP contribution in [0.3, 0.4) is 0 Å². The molecule has 4 nitrogen and oxygen atoms in total. The number of aliphatic hydroxyl groups excluding tert-OH is 1. The number of hydrogen-bond acceptors (Lipinski definition) is 4. The zero-order valence-corrected chi connectivity index (χ0v) is 11.9. The number of phenolic OH excluding ortho intramolecular Hbond substituents is 1. The first-order valence-electron chi connectivity index (χ1n) is 6.26. The molecule has 3 N–H and O–H groups in total. The molecule has 1 saturated heterocycles. The van der Waals surface area contributed by atoms with E-state index >= 15 is 0 Å². The zero-order chi connectivity index (χ0) is 13.0. The van der Waals surface area contributed by atoms with Crippen molar-refractivity contribution in [1.82, 2.24) is 10.2 Å². The van der Waals surface area contributed by atoms with Gasteiger partial charge in [-0.2, -0.15) is 0 Å². The quantitative estimate of drug-likeness (QED) is 0.788. The molecule has 0 amide bonds. The lowest BCUT2D eigenvalue weighted by atomic mass is 10.0. The third kappa shape index (κ3) is 3.23. The van der Waals surface area contributed by atoms with Crippen LogP contribution in [0.15, 0.2) is 22.7 Å². The molecule has 1 aromatic rings. The monoisotopic (exact) mass is 314 g/mol. The minimum absolute atomic E-state index is 0.174. The molecule has 1 aliphatic heterocycles. The number of halogens is 1. The maximum absolute atomic E-state index is 9.55. The number of benzene rings is 1. The SMILES string of the molecule is OCC[C@@H](c1ccc(O)c(Br)c1)N1CCNCC1. The Balaban J connectivity index is 2.19. The van der Waals surface area contributed by atoms with Crippen molar-refractivity contribution in [3.8, 4) is 5.75 Å². The summed E-state index contributed by atoms with van der Waals surface area (Å²) < 4.78 is 0.707. The molecular weight excluding hydrogens is 296 g/mol. The molecule has 1 aliphatic rings. The number of aliphatic hydroxyl groups is 1. The van der Waals surface area contributed by atoms with Gasteiger partial charge in [-0.15, -0.1) is 0 Å². The number of nitrogens with one attached hydrogen (secondary N) is 1. The minimum atomic E-state index is 0.174. The molecule has 0 saturated carbocycles. The number of nitrogens with zero attached hydrogens (tertiary/aromatic N) is 1. The molecule has 0 unspecified atom stereocenters. The van der Waals surface area contributed by atoms with Gasteiger partial charge in [-0.25, -0.2) is 0 Å². The van der Waals surface area contributed by atoms with Crippen molar-refractivity contribution >= 4 is 15.9 Å². The average molecular weight is 315 g/mol. The summed E-state index contributed by atoms with van der Waals surface area (Å²) in [5, 5.41) is 22.1. The zero-order valence-electron chi connectivity index (χ0n) is 10.3. The van der Waals surface area contributed by atoms with E-state index in [1.807, 2.05) is 12.1 Å². The van der Waals surface area contributed by atoms with E-state index in [1.54, 1.807) is 6.07 Å². The second-order valence-electron chi connectivity index (χ2n) is 4.52. The topological polar surface area (TPSA) is 55.7 Å². The smallest absolute Gasteiger partial charge is 0.129 e. The van der Waals surface area contributed by atoms with Crippen LogP contribution < -0.4 is 5.32 Å². The Hall–Kier alpha value is -0.620. The standard InChI is InChI=1S/C13H19BrN2O2/c14-11-9-10(1-2-13(11)18)12(3-8-17)16-6-4-15-5-7-16/h1-2,9,12,15,17-18H,3-8H2/t12-/m0/s1. The van der Waals surface area contributed by atoms with Gasteiger partial charge in [0.2, 0.25) is 0 Å². The lowest BCUT2D eigenvalue weighted by Crippen LogP contribution is -2.45. The van der Waals surface area contributed by atoms with Crippen LogP contribution in [0.2, 0.25) is 0 Å². The van der Waals surface area contributed by atoms with Crippen molar-refractivity contribution < 1.29 is 10.2 Å². The van der Waals surface area contributed by atoms with Gasteiger partial charge in [0, 0.05) is 38.8 Å². The highest BCUT2D eigenvalue weighted by atomic mass is 79.9. The van der Waals surface area contributed by atoms with Crippen molar-refractivity contribution in [3.05, 3.63) is 28.2 Å². The first-order valence-corrected chi connectivity index (χ1v) is 7.05. The van der Waals surface area contributed by atoms with Crippen molar-refractivity contribution in [3.63, 3.8) is 0 Å². The summed E-state index contributed by atoms with van der Waals surface area (Å²) in [4.78, 5) is 2.38. The third-order valence-corrected chi connectivity index (χ3v) is 3.99. The fraction of sp³-hybridized carbons (Fsp3) is 0.538. The van der Waals surface area contributed by atoms with Crippen LogP contribution in [0.25, 0.3) is 0 Å². The van der Waals surface area contributed by atoms with Crippen LogP contribution in [-0.4, -0.2) is 47.9 Å². The summed E-state index contributed by atoms with van der Waals surface area (Å²) >= 11 is 3.35. The second kappa shape index (κ2) is 6.52. The van der Waals surface area contributed by atoms with Gasteiger partial charge in [0.25, 0.3) is 0 Å². The van der Waals surface area contributed by atoms with Crippen LogP contribution in [0, 0.1) is 0 Å². The van der Waals surface area contributed by atoms with Crippen LogP contribution in [-0.2, 0) is 0 Å². The highest BCUT2D eigenvalue weighted by Crippen LogP contribution is 2.31. The number of aromatic hydroxyl groups is 1. The normalized spacial score (nSPS) is 18.8. The van der Waals surface area contributed by atoms with E-state index in [1.165, 1.54) is 0 Å². The highest BCUT2D eigenvalue weighted by Gasteiger charge is 2.22. The lowest BCUT2D eigenvalue weighted by molar-refractivity contribution is 0.141. The van der Waals surface area contributed by atoms with Crippen LogP contribution in [0.5, 0.6) is 5.75 Å². The minimum Gasteiger partial charge on any atom is -0.507 e. The molecular formula is C13H19BrN2O2. The second-order valence-corrected chi connectivity index (χ2v) is 5.38. The number of hydrogen-bond donors (Lipinski definition) is 3. The van der Waals surface area contributed by atoms with E-state index < -0.39 is 0 Å². The molecule has 0 radical (unpaired) electrons. The van der Waals surface area contributed by atoms with Crippen LogP contribution in [0.4, 0.5) is 0 Å². The summed E-state index contributed by atoms with van der Waals surface area (Å²) in [6, 6.07) is 5.79. The molecule has 1 atom stereocenters. The summed E-state index contributed by atoms with van der Waals surface area (Å²) in [5.74, 6) is 0.252. The number of piperazine rings is 1. The highest BCUT2D eigenvalue weighted by molar-refractivity contribution is 9.10. The van der Waals surface area contributed by atoms with Gasteiger partial charge in [-0.05, 0) is 40.0 Å². The molecule has 5 heteroatoms. The van der Waals surface area contributed by atoms with E-state index in [4.69, 9.17) is 0 Å². The van der Waals surface area contributed by atoms with Gasteiger partial charge in [0.05, 0.1) is 4.47 Å². The Morgan fingerprint density at radius 3 is 2.67 bits per heavy atom. The molecule has 0 aromatic heterocycles. The number of phenols is 1. The van der Waals surface area contributed by atoms with Gasteiger partial charge in [-0.1, -0.05) is 6.07 Å². The van der Waals surface area contributed by atoms with Gasteiger partial charge in [0.1, 0.15) is 5.75 Å². The Morgan fingerprint density at radius 1 is 1.33 bits per heavy atom. The Bertz CT molecular complexity index is 395. The first kappa shape index (κ1) is 13.8. The van der Waals surface area contributed by atoms with E-state index in [2.05, 4.69) is 26.1 Å². The molecule has 1 fully saturated rings. The van der Waals surface area contributed by atoms with Crippen molar-refractivity contribution in [2.75, 3.05) is 32.8 Å². The van der Waals surface area contributed by atoms with Gasteiger partial charge >= 0.3 is 0 Å². The Labute approximate surface area is 116 Å². The van der Waals surface area contributed by atoms with Crippen molar-refractivity contribution in [2.24, 2.45) is 0 Å². The van der Waals surface area contributed by atoms with E-state index in [0.717, 1.165) is 38.2 Å². The largest absolute Gasteiger partial charge is 0.507 e. The van der Waals surface area contributed by atoms with E-state index in [9.17, 15) is 10.2 Å². The Kier molecular flexibility index (Phi) is 5.00. The van der Waals surface area contributed by atoms with Gasteiger partial charge in [-0.3, -0.25) is 4.90 Å². The van der Waals surface area contributed by atoms with E-state index in [0.29, 0.717) is 4.47 Å². The molecule has 0 spiro atoms. The summed E-state index contributed by atoms with van der Waals surface area (Å²) in [6.07, 6.45) is 0.719. The van der Waals surface area contributed by atoms with Crippen molar-refractivity contribution in [2.45, 2.75) is 12.5 Å². The fourth-order valence-electron chi connectivity index (χ4n) is 2.41. The summed E-state index contributed by atoms with van der Waals surface area (Å²) in [7, 11) is 0. The summed E-state index contributed by atoms with van der Waals surface area (Å²) in [6.45, 7) is 4.13. The molecule has 2 rings (SSSR count). The van der Waals surface area contributed by atoms with E-state index in [-0.39, 0.29) is 18.4 Å². The third-order valence-electron chi connectivity index (χ3n) is 3.35. The maximum Gasteiger partial charge on any atom is 0.129 e. The maximum atomic E-state index is 9.55. The van der Waals surface area contributed by atoms with Crippen LogP contribution in [0.1, 0.15) is 18.0 Å². The predicted molar refractivity (Wildman–Crippen MR) is 74.7 cm³/mol. The predicted octanol–water partition coefficient (Wildman–Crippen LogP) is 1.48. The number of rotatable bonds is 4. The molecule has 18 heavy (non-hydrogen) atoms. The lowest BCUT2D eigenvalue weighted by Gasteiger charge is -2.35. The molecule has 1 aromatic carbocycles. The molecule has 1 heterocycles. The first-order chi connectivity index (χ1) is 8.72. The fourth-order valence-corrected chi connectivity index (χ4v) is 2.80. The van der Waals surface area contributed by atoms with Gasteiger partial charge in [0.15, 0.2) is 0 Å². The molecule has 0 aliphatic carbocycles. The Morgan fingerprint density at radius 2 is 2.06 bits per heavy atom. The van der Waals surface area contributed by atoms with Gasteiger partial charge < -0.3 is 15.5 Å². The van der Waals surface area contributed by atoms with Crippen LogP contribution >= 0.6 is 15.9 Å².